The van der Waals surface area contributed by atoms with Gasteiger partial charge in [0.15, 0.2) is 6.23 Å². The number of anilines is 1. The number of hydrogen-bond donors (Lipinski definition) is 1. The SMILES string of the molecule is CCOC1C(C(=O)O)=C(C)c2ccc(C(F)(F)F)cc2N1CCCC(C)(C)C. The average Bonchev–Trinajstić information content (AvgIpc) is 2.55. The molecule has 156 valence electrons. The maximum absolute atomic E-state index is 13.3. The van der Waals surface area contributed by atoms with Crippen molar-refractivity contribution >= 4 is 17.2 Å². The summed E-state index contributed by atoms with van der Waals surface area (Å²) in [5, 5.41) is 9.74. The Morgan fingerprint density at radius 3 is 2.39 bits per heavy atom. The molecule has 0 aliphatic carbocycles. The minimum Gasteiger partial charge on any atom is -0.478 e. The van der Waals surface area contributed by atoms with Crippen LogP contribution < -0.4 is 4.90 Å². The Morgan fingerprint density at radius 1 is 1.25 bits per heavy atom. The number of aliphatic carboxylic acids is 1. The van der Waals surface area contributed by atoms with Crippen molar-refractivity contribution in [1.82, 2.24) is 0 Å². The van der Waals surface area contributed by atoms with Crippen molar-refractivity contribution in [3.63, 3.8) is 0 Å². The molecule has 1 aliphatic heterocycles. The van der Waals surface area contributed by atoms with E-state index >= 15 is 0 Å². The van der Waals surface area contributed by atoms with Gasteiger partial charge in [-0.2, -0.15) is 13.2 Å². The van der Waals surface area contributed by atoms with Crippen molar-refractivity contribution in [3.8, 4) is 0 Å². The van der Waals surface area contributed by atoms with Gasteiger partial charge in [0, 0.05) is 24.4 Å². The molecule has 7 heteroatoms. The first kappa shape index (κ1) is 22.3. The molecule has 1 aromatic rings. The highest BCUT2D eigenvalue weighted by molar-refractivity contribution is 6.01. The van der Waals surface area contributed by atoms with Gasteiger partial charge in [-0.1, -0.05) is 26.8 Å². The molecule has 0 saturated heterocycles. The Morgan fingerprint density at radius 2 is 1.89 bits per heavy atom. The lowest BCUT2D eigenvalue weighted by Gasteiger charge is -2.40. The molecule has 0 amide bonds. The van der Waals surface area contributed by atoms with Crippen LogP contribution in [0.25, 0.3) is 5.57 Å². The first-order valence-electron chi connectivity index (χ1n) is 9.40. The molecule has 0 fully saturated rings. The van der Waals surface area contributed by atoms with Crippen molar-refractivity contribution in [2.75, 3.05) is 18.1 Å². The number of ether oxygens (including phenoxy) is 1. The van der Waals surface area contributed by atoms with Crippen LogP contribution in [0.15, 0.2) is 23.8 Å². The van der Waals surface area contributed by atoms with Crippen LogP contribution in [-0.2, 0) is 15.7 Å². The van der Waals surface area contributed by atoms with Crippen molar-refractivity contribution in [2.45, 2.75) is 59.9 Å². The highest BCUT2D eigenvalue weighted by atomic mass is 19.4. The van der Waals surface area contributed by atoms with Crippen LogP contribution in [0, 0.1) is 5.41 Å². The lowest BCUT2D eigenvalue weighted by Crippen LogP contribution is -2.45. The summed E-state index contributed by atoms with van der Waals surface area (Å²) in [7, 11) is 0. The standard InChI is InChI=1S/C21H28F3NO3/c1-6-28-18-17(19(26)27)13(2)15-9-8-14(21(22,23)24)12-16(15)25(18)11-7-10-20(3,4)5/h8-9,12,18H,6-7,10-11H2,1-5H3,(H,26,27). The normalized spacial score (nSPS) is 17.7. The number of carboxylic acid groups (broad SMARTS) is 1. The summed E-state index contributed by atoms with van der Waals surface area (Å²) < 4.78 is 45.6. The van der Waals surface area contributed by atoms with Crippen molar-refractivity contribution in [3.05, 3.63) is 34.9 Å². The molecule has 0 aromatic heterocycles. The minimum atomic E-state index is -4.47. The van der Waals surface area contributed by atoms with E-state index in [1.807, 2.05) is 0 Å². The Hall–Kier alpha value is -2.02. The van der Waals surface area contributed by atoms with Crippen LogP contribution in [-0.4, -0.2) is 30.5 Å². The Balaban J connectivity index is 2.57. The third-order valence-corrected chi connectivity index (χ3v) is 4.85. The zero-order valence-corrected chi connectivity index (χ0v) is 17.0. The first-order chi connectivity index (χ1) is 12.9. The van der Waals surface area contributed by atoms with E-state index in [0.717, 1.165) is 18.6 Å². The summed E-state index contributed by atoms with van der Waals surface area (Å²) in [6, 6.07) is 3.45. The van der Waals surface area contributed by atoms with Gasteiger partial charge in [-0.3, -0.25) is 0 Å². The number of fused-ring (bicyclic) bond motifs is 1. The molecule has 0 bridgehead atoms. The van der Waals surface area contributed by atoms with E-state index in [9.17, 15) is 23.1 Å². The quantitative estimate of drug-likeness (QED) is 0.679. The fourth-order valence-corrected chi connectivity index (χ4v) is 3.49. The topological polar surface area (TPSA) is 49.8 Å². The van der Waals surface area contributed by atoms with E-state index < -0.39 is 23.9 Å². The zero-order chi connectivity index (χ0) is 21.3. The van der Waals surface area contributed by atoms with E-state index in [2.05, 4.69) is 20.8 Å². The molecule has 0 spiro atoms. The highest BCUT2D eigenvalue weighted by Gasteiger charge is 2.38. The van der Waals surface area contributed by atoms with E-state index in [0.29, 0.717) is 29.8 Å². The van der Waals surface area contributed by atoms with Crippen LogP contribution in [0.2, 0.25) is 0 Å². The molecule has 1 N–H and O–H groups in total. The Kier molecular flexibility index (Phi) is 6.48. The summed E-state index contributed by atoms with van der Waals surface area (Å²) in [4.78, 5) is 13.6. The van der Waals surface area contributed by atoms with Crippen LogP contribution in [0.1, 0.15) is 58.6 Å². The van der Waals surface area contributed by atoms with Gasteiger partial charge in [0.2, 0.25) is 0 Å². The van der Waals surface area contributed by atoms with E-state index in [1.165, 1.54) is 6.07 Å². The molecule has 0 saturated carbocycles. The molecule has 0 radical (unpaired) electrons. The summed E-state index contributed by atoms with van der Waals surface area (Å²) >= 11 is 0. The summed E-state index contributed by atoms with van der Waals surface area (Å²) in [6.45, 7) is 10.3. The van der Waals surface area contributed by atoms with Crippen molar-refractivity contribution in [2.24, 2.45) is 5.41 Å². The number of nitrogens with zero attached hydrogens (tertiary/aromatic N) is 1. The van der Waals surface area contributed by atoms with Gasteiger partial charge in [0.25, 0.3) is 0 Å². The predicted molar refractivity (Wildman–Crippen MR) is 103 cm³/mol. The van der Waals surface area contributed by atoms with Gasteiger partial charge in [-0.25, -0.2) is 4.79 Å². The largest absolute Gasteiger partial charge is 0.478 e. The van der Waals surface area contributed by atoms with Crippen LogP contribution in [0.3, 0.4) is 0 Å². The van der Waals surface area contributed by atoms with Gasteiger partial charge < -0.3 is 14.7 Å². The molecule has 1 aromatic carbocycles. The molecule has 1 heterocycles. The number of alkyl halides is 3. The third-order valence-electron chi connectivity index (χ3n) is 4.85. The van der Waals surface area contributed by atoms with E-state index in [1.54, 1.807) is 18.7 Å². The smallest absolute Gasteiger partial charge is 0.416 e. The molecule has 4 nitrogen and oxygen atoms in total. The molecule has 1 unspecified atom stereocenters. The number of benzene rings is 1. The fraction of sp³-hybridized carbons (Fsp3) is 0.571. The lowest BCUT2D eigenvalue weighted by molar-refractivity contribution is -0.138. The summed E-state index contributed by atoms with van der Waals surface area (Å²) in [5.74, 6) is -1.12. The molecule has 28 heavy (non-hydrogen) atoms. The monoisotopic (exact) mass is 399 g/mol. The Bertz CT molecular complexity index is 763. The van der Waals surface area contributed by atoms with Gasteiger partial charge >= 0.3 is 12.1 Å². The second-order valence-corrected chi connectivity index (χ2v) is 8.24. The number of carbonyl (C=O) groups is 1. The van der Waals surface area contributed by atoms with E-state index in [4.69, 9.17) is 4.74 Å². The summed E-state index contributed by atoms with van der Waals surface area (Å²) in [5.41, 5.74) is 0.678. The number of rotatable bonds is 6. The maximum Gasteiger partial charge on any atom is 0.416 e. The fourth-order valence-electron chi connectivity index (χ4n) is 3.49. The first-order valence-corrected chi connectivity index (χ1v) is 9.40. The van der Waals surface area contributed by atoms with E-state index in [-0.39, 0.29) is 17.6 Å². The molecule has 1 atom stereocenters. The number of hydrogen-bond acceptors (Lipinski definition) is 3. The van der Waals surface area contributed by atoms with Gasteiger partial charge in [-0.05, 0) is 49.8 Å². The predicted octanol–water partition coefficient (Wildman–Crippen LogP) is 5.57. The number of carboxylic acids is 1. The van der Waals surface area contributed by atoms with Gasteiger partial charge in [0.1, 0.15) is 0 Å². The lowest BCUT2D eigenvalue weighted by atomic mass is 9.89. The molecule has 2 rings (SSSR count). The third kappa shape index (κ3) is 4.87. The zero-order valence-electron chi connectivity index (χ0n) is 17.0. The molecular formula is C21H28F3NO3. The van der Waals surface area contributed by atoms with Crippen LogP contribution >= 0.6 is 0 Å². The number of halogens is 3. The number of allylic oxidation sites excluding steroid dienone is 1. The molecular weight excluding hydrogens is 371 g/mol. The highest BCUT2D eigenvalue weighted by Crippen LogP contribution is 2.42. The second kappa shape index (κ2) is 8.15. The maximum atomic E-state index is 13.3. The average molecular weight is 399 g/mol. The van der Waals surface area contributed by atoms with Crippen LogP contribution in [0.4, 0.5) is 18.9 Å². The molecule has 1 aliphatic rings. The van der Waals surface area contributed by atoms with Gasteiger partial charge in [-0.15, -0.1) is 0 Å². The second-order valence-electron chi connectivity index (χ2n) is 8.24. The van der Waals surface area contributed by atoms with Crippen LogP contribution in [0.5, 0.6) is 0 Å². The minimum absolute atomic E-state index is 0.0644. The van der Waals surface area contributed by atoms with Crippen molar-refractivity contribution < 1.29 is 27.8 Å². The summed E-state index contributed by atoms with van der Waals surface area (Å²) in [6.07, 6.45) is -3.84. The van der Waals surface area contributed by atoms with Crippen molar-refractivity contribution in [1.29, 1.82) is 0 Å². The van der Waals surface area contributed by atoms with Gasteiger partial charge in [0.05, 0.1) is 11.1 Å². The Labute approximate surface area is 164 Å².